The van der Waals surface area contributed by atoms with Crippen LogP contribution in [0.1, 0.15) is 44.5 Å². The summed E-state index contributed by atoms with van der Waals surface area (Å²) < 4.78 is 2.45. The smallest absolute Gasteiger partial charge is 0.0714 e. The van der Waals surface area contributed by atoms with E-state index in [-0.39, 0.29) is 0 Å². The lowest BCUT2D eigenvalue weighted by atomic mass is 9.67. The highest BCUT2D eigenvalue weighted by Gasteiger charge is 2.48. The molecule has 0 aliphatic heterocycles. The maximum absolute atomic E-state index is 2.51. The van der Waals surface area contributed by atoms with E-state index in [0.29, 0.717) is 0 Å². The Balaban J connectivity index is 1.02. The summed E-state index contributed by atoms with van der Waals surface area (Å²) in [5.74, 6) is 0. The van der Waals surface area contributed by atoms with Gasteiger partial charge in [-0.15, -0.1) is 0 Å². The molecule has 12 aromatic carbocycles. The average Bonchev–Trinajstić information content (AvgIpc) is 4.17. The van der Waals surface area contributed by atoms with Crippen LogP contribution in [0.25, 0.3) is 60.5 Å². The average molecular weight is 941 g/mol. The minimum atomic E-state index is -0.551. The summed E-state index contributed by atoms with van der Waals surface area (Å²) >= 11 is 0. The highest BCUT2D eigenvalue weighted by atomic mass is 15.1. The molecule has 2 heteroatoms. The van der Waals surface area contributed by atoms with Gasteiger partial charge < -0.3 is 9.47 Å². The number of hydrogen-bond acceptors (Lipinski definition) is 1. The number of fused-ring (bicyclic) bond motifs is 10. The molecule has 13 aromatic rings. The number of benzene rings is 12. The predicted octanol–water partition coefficient (Wildman–Crippen LogP) is 18.1. The summed E-state index contributed by atoms with van der Waals surface area (Å²) in [5.41, 5.74) is 20.9. The minimum absolute atomic E-state index is 0.539. The van der Waals surface area contributed by atoms with Crippen LogP contribution in [0, 0.1) is 0 Å². The Bertz CT molecular complexity index is 4210. The summed E-state index contributed by atoms with van der Waals surface area (Å²) in [4.78, 5) is 2.51. The van der Waals surface area contributed by atoms with Crippen molar-refractivity contribution in [3.8, 4) is 27.9 Å². The third kappa shape index (κ3) is 5.94. The van der Waals surface area contributed by atoms with E-state index in [1.54, 1.807) is 0 Å². The van der Waals surface area contributed by atoms with Gasteiger partial charge in [0.25, 0.3) is 0 Å². The number of nitrogens with zero attached hydrogens (tertiary/aromatic N) is 2. The van der Waals surface area contributed by atoms with Crippen LogP contribution in [0.5, 0.6) is 0 Å². The van der Waals surface area contributed by atoms with Crippen molar-refractivity contribution in [2.75, 3.05) is 4.90 Å². The zero-order chi connectivity index (χ0) is 48.8. The Morgan fingerprint density at radius 1 is 0.270 bits per heavy atom. The lowest BCUT2D eigenvalue weighted by Gasteiger charge is -2.35. The van der Waals surface area contributed by atoms with Crippen LogP contribution < -0.4 is 4.90 Å². The van der Waals surface area contributed by atoms with Gasteiger partial charge in [-0.05, 0) is 133 Å². The van der Waals surface area contributed by atoms with E-state index in [1.807, 2.05) is 0 Å². The van der Waals surface area contributed by atoms with Crippen LogP contribution in [-0.4, -0.2) is 4.57 Å². The fourth-order valence-corrected chi connectivity index (χ4v) is 13.4. The molecule has 0 fully saturated rings. The van der Waals surface area contributed by atoms with Crippen LogP contribution in [0.15, 0.2) is 291 Å². The van der Waals surface area contributed by atoms with Gasteiger partial charge in [0.1, 0.15) is 0 Å². The topological polar surface area (TPSA) is 8.17 Å². The molecule has 1 heterocycles. The molecule has 74 heavy (non-hydrogen) atoms. The quantitative estimate of drug-likeness (QED) is 0.147. The first kappa shape index (κ1) is 42.2. The normalized spacial score (nSPS) is 13.6. The lowest BCUT2D eigenvalue weighted by molar-refractivity contribution is 0.768. The Labute approximate surface area is 431 Å². The van der Waals surface area contributed by atoms with E-state index in [9.17, 15) is 0 Å². The molecule has 0 spiro atoms. The lowest BCUT2D eigenvalue weighted by Crippen LogP contribution is -2.28. The van der Waals surface area contributed by atoms with Crippen molar-refractivity contribution in [2.24, 2.45) is 0 Å². The summed E-state index contributed by atoms with van der Waals surface area (Å²) in [6.07, 6.45) is 0. The number of hydrogen-bond donors (Lipinski definition) is 0. The van der Waals surface area contributed by atoms with Crippen LogP contribution in [0.4, 0.5) is 17.1 Å². The molecule has 0 saturated heterocycles. The van der Waals surface area contributed by atoms with E-state index >= 15 is 0 Å². The van der Waals surface area contributed by atoms with Crippen molar-refractivity contribution in [2.45, 2.75) is 10.8 Å². The van der Waals surface area contributed by atoms with Crippen molar-refractivity contribution in [1.82, 2.24) is 4.57 Å². The molecule has 0 N–H and O–H groups in total. The first-order valence-electron chi connectivity index (χ1n) is 25.8. The molecule has 15 rings (SSSR count). The van der Waals surface area contributed by atoms with E-state index < -0.39 is 10.8 Å². The third-order valence-electron chi connectivity index (χ3n) is 16.3. The van der Waals surface area contributed by atoms with Gasteiger partial charge in [-0.25, -0.2) is 0 Å². The molecule has 0 atom stereocenters. The molecule has 2 nitrogen and oxygen atoms in total. The first-order valence-corrected chi connectivity index (χ1v) is 25.8. The van der Waals surface area contributed by atoms with E-state index in [0.717, 1.165) is 33.8 Å². The van der Waals surface area contributed by atoms with Crippen molar-refractivity contribution < 1.29 is 0 Å². The van der Waals surface area contributed by atoms with Gasteiger partial charge in [0, 0.05) is 33.2 Å². The van der Waals surface area contributed by atoms with E-state index in [1.165, 1.54) is 88.3 Å². The summed E-state index contributed by atoms with van der Waals surface area (Å²) in [6.45, 7) is 0. The molecular formula is C72H48N2. The number of rotatable bonds is 8. The Hall–Kier alpha value is -9.50. The number of aromatic nitrogens is 1. The van der Waals surface area contributed by atoms with E-state index in [2.05, 4.69) is 301 Å². The van der Waals surface area contributed by atoms with Crippen LogP contribution in [0.3, 0.4) is 0 Å². The largest absolute Gasteiger partial charge is 0.310 e. The highest BCUT2D eigenvalue weighted by Crippen LogP contribution is 2.59. The van der Waals surface area contributed by atoms with Crippen molar-refractivity contribution in [3.63, 3.8) is 0 Å². The van der Waals surface area contributed by atoms with Gasteiger partial charge in [-0.1, -0.05) is 231 Å². The van der Waals surface area contributed by atoms with Gasteiger partial charge >= 0.3 is 0 Å². The second-order valence-electron chi connectivity index (χ2n) is 19.9. The molecular weight excluding hydrogens is 893 g/mol. The Morgan fingerprint density at radius 3 is 1.30 bits per heavy atom. The van der Waals surface area contributed by atoms with Gasteiger partial charge in [0.05, 0.1) is 27.6 Å². The second-order valence-corrected chi connectivity index (χ2v) is 19.9. The van der Waals surface area contributed by atoms with Gasteiger partial charge in [0.15, 0.2) is 0 Å². The van der Waals surface area contributed by atoms with Crippen LogP contribution in [0.2, 0.25) is 0 Å². The molecule has 0 unspecified atom stereocenters. The molecule has 0 amide bonds. The summed E-state index contributed by atoms with van der Waals surface area (Å²) in [6, 6.07) is 108. The minimum Gasteiger partial charge on any atom is -0.310 e. The molecule has 346 valence electrons. The second kappa shape index (κ2) is 16.5. The van der Waals surface area contributed by atoms with Crippen LogP contribution in [-0.2, 0) is 10.8 Å². The SMILES string of the molecule is c1ccc(-n2c3ccc(N(c4ccc5c(c4)C(c4ccccc4)(c4ccccc4)c4ccccc4-5)c4cccc5ccccc45)cc3c3cc(C4(c5ccccc5)c5ccccc5-c5ccccc54)ccc32)cc1. The maximum atomic E-state index is 2.51. The Morgan fingerprint density at radius 2 is 0.703 bits per heavy atom. The molecule has 0 saturated carbocycles. The molecule has 2 aliphatic carbocycles. The van der Waals surface area contributed by atoms with Gasteiger partial charge in [-0.2, -0.15) is 0 Å². The predicted molar refractivity (Wildman–Crippen MR) is 308 cm³/mol. The third-order valence-corrected chi connectivity index (χ3v) is 16.3. The standard InChI is InChI=1S/C72H48N2/c1-5-24-50(25-6-1)71(51-26-7-2-8-27-51)64-36-18-17-35-60(64)61-43-41-56(48-67(61)71)73(68-39-21-23-49-22-13-14-32-57(49)68)55-42-45-70-63(47-55)62-46-53(40-44-69(62)74(70)54-30-11-4-12-31-54)72(52-28-9-3-10-29-52)65-37-19-15-33-58(65)59-34-16-20-38-66(59)72/h1-48H. The molecule has 0 radical (unpaired) electrons. The summed E-state index contributed by atoms with van der Waals surface area (Å²) in [5, 5.41) is 4.78. The van der Waals surface area contributed by atoms with Crippen molar-refractivity contribution in [1.29, 1.82) is 0 Å². The van der Waals surface area contributed by atoms with Crippen LogP contribution >= 0.6 is 0 Å². The maximum Gasteiger partial charge on any atom is 0.0714 e. The monoisotopic (exact) mass is 940 g/mol. The zero-order valence-electron chi connectivity index (χ0n) is 40.6. The van der Waals surface area contributed by atoms with Crippen molar-refractivity contribution >= 4 is 49.6 Å². The fourth-order valence-electron chi connectivity index (χ4n) is 13.4. The number of para-hydroxylation sites is 1. The number of anilines is 3. The molecule has 0 bridgehead atoms. The van der Waals surface area contributed by atoms with Gasteiger partial charge in [0.2, 0.25) is 0 Å². The zero-order valence-corrected chi connectivity index (χ0v) is 40.6. The Kier molecular flexibility index (Phi) is 9.43. The molecule has 1 aromatic heterocycles. The van der Waals surface area contributed by atoms with Crippen molar-refractivity contribution in [3.05, 3.63) is 336 Å². The van der Waals surface area contributed by atoms with E-state index in [4.69, 9.17) is 0 Å². The first-order chi connectivity index (χ1) is 36.7. The fraction of sp³-hybridized carbons (Fsp3) is 0.0278. The summed E-state index contributed by atoms with van der Waals surface area (Å²) in [7, 11) is 0. The van der Waals surface area contributed by atoms with Gasteiger partial charge in [-0.3, -0.25) is 0 Å². The molecule has 2 aliphatic rings. The highest BCUT2D eigenvalue weighted by molar-refractivity contribution is 6.12.